The third kappa shape index (κ3) is 4.78. The molecule has 2 heterocycles. The van der Waals surface area contributed by atoms with E-state index in [-0.39, 0.29) is 0 Å². The zero-order valence-electron chi connectivity index (χ0n) is 29.1. The average molecular weight is 687 g/mol. The van der Waals surface area contributed by atoms with Crippen LogP contribution in [0.25, 0.3) is 110 Å². The van der Waals surface area contributed by atoms with Crippen LogP contribution in [-0.2, 0) is 0 Å². The van der Waals surface area contributed by atoms with Gasteiger partial charge in [-0.25, -0.2) is 15.0 Å². The Hall–Kier alpha value is -7.30. The summed E-state index contributed by atoms with van der Waals surface area (Å²) >= 11 is 0. The van der Waals surface area contributed by atoms with Crippen LogP contribution in [0.1, 0.15) is 0 Å². The van der Waals surface area contributed by atoms with Crippen LogP contribution < -0.4 is 0 Å². The largest absolute Gasteiger partial charge is 0.265 e. The maximum absolute atomic E-state index is 5.43. The van der Waals surface area contributed by atoms with E-state index in [1.54, 1.807) is 0 Å². The van der Waals surface area contributed by atoms with Crippen molar-refractivity contribution in [1.29, 1.82) is 0 Å². The van der Waals surface area contributed by atoms with Gasteiger partial charge in [-0.3, -0.25) is 4.98 Å². The minimum atomic E-state index is 0.637. The fraction of sp³-hybridized carbons (Fsp3) is 0. The summed E-state index contributed by atoms with van der Waals surface area (Å²) in [5.74, 6) is 1.92. The zero-order chi connectivity index (χ0) is 35.6. The fourth-order valence-corrected chi connectivity index (χ4v) is 8.31. The molecule has 0 unspecified atom stereocenters. The molecule has 0 saturated carbocycles. The zero-order valence-corrected chi connectivity index (χ0v) is 29.1. The molecule has 4 heteroatoms. The highest BCUT2D eigenvalue weighted by atomic mass is 15.0. The Morgan fingerprint density at radius 3 is 1.63 bits per heavy atom. The van der Waals surface area contributed by atoms with Gasteiger partial charge in [0, 0.05) is 29.1 Å². The van der Waals surface area contributed by atoms with Gasteiger partial charge in [-0.05, 0) is 100 Å². The molecule has 9 aromatic carbocycles. The molecule has 0 aliphatic heterocycles. The second-order valence-corrected chi connectivity index (χ2v) is 13.8. The molecule has 0 radical (unpaired) electrons. The lowest BCUT2D eigenvalue weighted by molar-refractivity contribution is 1.08. The number of pyridine rings is 1. The highest BCUT2D eigenvalue weighted by Gasteiger charge is 2.22. The summed E-state index contributed by atoms with van der Waals surface area (Å²) in [5, 5.41) is 11.7. The molecule has 0 aliphatic rings. The molecule has 0 bridgehead atoms. The van der Waals surface area contributed by atoms with E-state index in [0.717, 1.165) is 65.9 Å². The van der Waals surface area contributed by atoms with Gasteiger partial charge in [0.05, 0.1) is 0 Å². The van der Waals surface area contributed by atoms with E-state index in [4.69, 9.17) is 15.0 Å². The highest BCUT2D eigenvalue weighted by molar-refractivity contribution is 6.25. The van der Waals surface area contributed by atoms with Crippen molar-refractivity contribution in [1.82, 2.24) is 19.9 Å². The summed E-state index contributed by atoms with van der Waals surface area (Å²) in [6.07, 6.45) is 3.73. The van der Waals surface area contributed by atoms with Gasteiger partial charge in [-0.15, -0.1) is 0 Å². The van der Waals surface area contributed by atoms with Crippen LogP contribution in [0.3, 0.4) is 0 Å². The molecular weight excluding hydrogens is 657 g/mol. The van der Waals surface area contributed by atoms with Crippen molar-refractivity contribution in [3.8, 4) is 56.4 Å². The van der Waals surface area contributed by atoms with Crippen molar-refractivity contribution in [2.75, 3.05) is 0 Å². The molecule has 4 nitrogen and oxygen atoms in total. The van der Waals surface area contributed by atoms with Crippen molar-refractivity contribution in [2.24, 2.45) is 0 Å². The molecule has 0 N–H and O–H groups in total. The molecule has 0 saturated heterocycles. The van der Waals surface area contributed by atoms with Crippen molar-refractivity contribution >= 4 is 53.9 Å². The van der Waals surface area contributed by atoms with Gasteiger partial charge < -0.3 is 0 Å². The van der Waals surface area contributed by atoms with Crippen molar-refractivity contribution in [2.45, 2.75) is 0 Å². The van der Waals surface area contributed by atoms with Crippen LogP contribution in [0.2, 0.25) is 0 Å². The first-order chi connectivity index (χ1) is 26.8. The molecule has 2 aromatic heterocycles. The molecule has 0 amide bonds. The number of benzene rings is 9. The van der Waals surface area contributed by atoms with Crippen molar-refractivity contribution < 1.29 is 0 Å². The topological polar surface area (TPSA) is 51.6 Å². The lowest BCUT2D eigenvalue weighted by Crippen LogP contribution is -2.02. The van der Waals surface area contributed by atoms with E-state index < -0.39 is 0 Å². The Labute approximate surface area is 311 Å². The number of hydrogen-bond acceptors (Lipinski definition) is 4. The van der Waals surface area contributed by atoms with Gasteiger partial charge in [0.1, 0.15) is 0 Å². The second kappa shape index (κ2) is 12.1. The predicted octanol–water partition coefficient (Wildman–Crippen LogP) is 12.8. The summed E-state index contributed by atoms with van der Waals surface area (Å²) < 4.78 is 0. The monoisotopic (exact) mass is 686 g/mol. The van der Waals surface area contributed by atoms with E-state index >= 15 is 0 Å². The summed E-state index contributed by atoms with van der Waals surface area (Å²) in [6, 6.07) is 60.2. The number of fused-ring (bicyclic) bond motifs is 2. The molecule has 11 rings (SSSR count). The SMILES string of the molecule is c1ccc(-c2ccc3c(-c4nc(-c5ccccc5)nc(-c5ccc6ccc7cccc8ccc5c6c78)n4)c4ccccc4c(-c4ccncc4)c3c2)cc1. The van der Waals surface area contributed by atoms with Gasteiger partial charge in [0.25, 0.3) is 0 Å². The number of hydrogen-bond donors (Lipinski definition) is 0. The van der Waals surface area contributed by atoms with Crippen LogP contribution in [0.5, 0.6) is 0 Å². The third-order valence-corrected chi connectivity index (χ3v) is 10.8. The lowest BCUT2D eigenvalue weighted by atomic mass is 9.87. The van der Waals surface area contributed by atoms with E-state index in [9.17, 15) is 0 Å². The van der Waals surface area contributed by atoms with Gasteiger partial charge in [-0.1, -0.05) is 146 Å². The molecule has 250 valence electrons. The summed E-state index contributed by atoms with van der Waals surface area (Å²) in [5.41, 5.74) is 7.49. The Bertz CT molecular complexity index is 3180. The quantitative estimate of drug-likeness (QED) is 0.134. The Morgan fingerprint density at radius 2 is 0.870 bits per heavy atom. The van der Waals surface area contributed by atoms with Crippen LogP contribution in [0.4, 0.5) is 0 Å². The Balaban J connectivity index is 1.25. The van der Waals surface area contributed by atoms with E-state index in [2.05, 4.69) is 157 Å². The number of nitrogens with zero attached hydrogens (tertiary/aromatic N) is 4. The van der Waals surface area contributed by atoms with E-state index in [1.807, 2.05) is 30.6 Å². The number of aromatic nitrogens is 4. The predicted molar refractivity (Wildman–Crippen MR) is 224 cm³/mol. The molecule has 0 aliphatic carbocycles. The third-order valence-electron chi connectivity index (χ3n) is 10.8. The maximum atomic E-state index is 5.43. The first kappa shape index (κ1) is 30.3. The smallest absolute Gasteiger partial charge is 0.165 e. The van der Waals surface area contributed by atoms with Crippen molar-refractivity contribution in [3.05, 3.63) is 182 Å². The van der Waals surface area contributed by atoms with Crippen molar-refractivity contribution in [3.63, 3.8) is 0 Å². The van der Waals surface area contributed by atoms with Crippen LogP contribution >= 0.6 is 0 Å². The van der Waals surface area contributed by atoms with Gasteiger partial charge >= 0.3 is 0 Å². The van der Waals surface area contributed by atoms with Gasteiger partial charge in [0.15, 0.2) is 17.5 Å². The van der Waals surface area contributed by atoms with Crippen LogP contribution in [0.15, 0.2) is 182 Å². The van der Waals surface area contributed by atoms with Crippen LogP contribution in [0, 0.1) is 0 Å². The molecule has 0 atom stereocenters. The Kier molecular flexibility index (Phi) is 6.82. The first-order valence-corrected chi connectivity index (χ1v) is 18.2. The summed E-state index contributed by atoms with van der Waals surface area (Å²) in [4.78, 5) is 20.3. The highest BCUT2D eigenvalue weighted by Crippen LogP contribution is 2.45. The summed E-state index contributed by atoms with van der Waals surface area (Å²) in [6.45, 7) is 0. The maximum Gasteiger partial charge on any atom is 0.165 e. The first-order valence-electron chi connectivity index (χ1n) is 18.2. The molecule has 0 spiro atoms. The fourth-order valence-electron chi connectivity index (χ4n) is 8.31. The summed E-state index contributed by atoms with van der Waals surface area (Å²) in [7, 11) is 0. The molecular formula is C50H30N4. The second-order valence-electron chi connectivity index (χ2n) is 13.8. The van der Waals surface area contributed by atoms with Gasteiger partial charge in [0.2, 0.25) is 0 Å². The minimum Gasteiger partial charge on any atom is -0.265 e. The molecule has 0 fully saturated rings. The number of rotatable bonds is 5. The lowest BCUT2D eigenvalue weighted by Gasteiger charge is -2.19. The van der Waals surface area contributed by atoms with Crippen LogP contribution in [-0.4, -0.2) is 19.9 Å². The standard InChI is InChI=1S/C50H30N4/c1-3-10-31(11-4-1)37-22-24-41-43(30-37)45(35-26-28-51-29-27-35)38-16-7-8-17-39(38)47(41)50-53-48(36-12-5-2-6-13-36)52-49(54-50)42-25-21-34-19-18-32-14-9-15-33-20-23-40(42)46(34)44(32)33/h1-30H. The Morgan fingerprint density at radius 1 is 0.296 bits per heavy atom. The minimum absolute atomic E-state index is 0.637. The van der Waals surface area contributed by atoms with E-state index in [1.165, 1.54) is 26.9 Å². The van der Waals surface area contributed by atoms with Gasteiger partial charge in [-0.2, -0.15) is 0 Å². The van der Waals surface area contributed by atoms with E-state index in [0.29, 0.717) is 17.5 Å². The normalized spacial score (nSPS) is 11.7. The average Bonchev–Trinajstić information content (AvgIpc) is 3.25. The molecule has 54 heavy (non-hydrogen) atoms. The molecule has 11 aromatic rings.